The summed E-state index contributed by atoms with van der Waals surface area (Å²) in [4.78, 5) is 7.66. The van der Waals surface area contributed by atoms with Crippen molar-refractivity contribution >= 4 is 11.6 Å². The Bertz CT molecular complexity index is 560. The van der Waals surface area contributed by atoms with Crippen LogP contribution >= 0.6 is 11.6 Å². The molecule has 0 bridgehead atoms. The van der Waals surface area contributed by atoms with Gasteiger partial charge in [-0.15, -0.1) is 13.2 Å². The summed E-state index contributed by atoms with van der Waals surface area (Å²) in [5.74, 6) is -0.346. The Hall–Kier alpha value is -1.82. The average molecular weight is 275 g/mol. The van der Waals surface area contributed by atoms with Crippen LogP contribution in [0.4, 0.5) is 13.2 Å². The third kappa shape index (κ3) is 3.10. The molecule has 0 saturated heterocycles. The van der Waals surface area contributed by atoms with Crippen molar-refractivity contribution in [2.24, 2.45) is 0 Å². The fourth-order valence-corrected chi connectivity index (χ4v) is 1.51. The number of para-hydroxylation sites is 1. The minimum absolute atomic E-state index is 0.0920. The summed E-state index contributed by atoms with van der Waals surface area (Å²) in [6, 6.07) is 5.65. The van der Waals surface area contributed by atoms with Gasteiger partial charge in [0.2, 0.25) is 0 Å². The van der Waals surface area contributed by atoms with Crippen molar-refractivity contribution in [2.75, 3.05) is 0 Å². The topological polar surface area (TPSA) is 35.0 Å². The Morgan fingerprint density at radius 2 is 1.83 bits per heavy atom. The van der Waals surface area contributed by atoms with Gasteiger partial charge < -0.3 is 4.74 Å². The molecule has 0 amide bonds. The van der Waals surface area contributed by atoms with Gasteiger partial charge in [0, 0.05) is 5.56 Å². The van der Waals surface area contributed by atoms with Gasteiger partial charge in [0.15, 0.2) is 0 Å². The quantitative estimate of drug-likeness (QED) is 0.837. The van der Waals surface area contributed by atoms with Crippen molar-refractivity contribution in [1.82, 2.24) is 9.97 Å². The van der Waals surface area contributed by atoms with Crippen molar-refractivity contribution in [2.45, 2.75) is 6.36 Å². The Morgan fingerprint density at radius 1 is 1.11 bits per heavy atom. The van der Waals surface area contributed by atoms with Gasteiger partial charge in [-0.05, 0) is 12.1 Å². The van der Waals surface area contributed by atoms with E-state index < -0.39 is 6.36 Å². The number of hydrogen-bond donors (Lipinski definition) is 0. The smallest absolute Gasteiger partial charge is 0.405 e. The predicted molar refractivity (Wildman–Crippen MR) is 59.2 cm³/mol. The van der Waals surface area contributed by atoms with Crippen LogP contribution in [0.5, 0.6) is 5.75 Å². The van der Waals surface area contributed by atoms with Gasteiger partial charge in [0.25, 0.3) is 0 Å². The summed E-state index contributed by atoms with van der Waals surface area (Å²) in [5.41, 5.74) is 0.382. The second kappa shape index (κ2) is 4.81. The first-order valence-electron chi connectivity index (χ1n) is 4.78. The minimum atomic E-state index is -4.76. The molecule has 3 nitrogen and oxygen atoms in total. The summed E-state index contributed by atoms with van der Waals surface area (Å²) < 4.78 is 40.6. The third-order valence-corrected chi connectivity index (χ3v) is 2.18. The molecular formula is C11H6ClF3N2O. The monoisotopic (exact) mass is 274 g/mol. The molecule has 1 heterocycles. The van der Waals surface area contributed by atoms with Gasteiger partial charge in [-0.1, -0.05) is 23.7 Å². The van der Waals surface area contributed by atoms with E-state index >= 15 is 0 Å². The zero-order valence-corrected chi connectivity index (χ0v) is 9.53. The van der Waals surface area contributed by atoms with Gasteiger partial charge >= 0.3 is 6.36 Å². The highest BCUT2D eigenvalue weighted by atomic mass is 35.5. The van der Waals surface area contributed by atoms with E-state index in [4.69, 9.17) is 11.6 Å². The highest BCUT2D eigenvalue weighted by molar-refractivity contribution is 6.29. The lowest BCUT2D eigenvalue weighted by Crippen LogP contribution is -2.17. The first kappa shape index (κ1) is 12.6. The van der Waals surface area contributed by atoms with Gasteiger partial charge in [0.1, 0.15) is 10.9 Å². The second-order valence-corrected chi connectivity index (χ2v) is 3.66. The Kier molecular flexibility index (Phi) is 3.38. The number of halogens is 4. The molecule has 1 aromatic heterocycles. The van der Waals surface area contributed by atoms with E-state index in [1.165, 1.54) is 30.6 Å². The molecule has 7 heteroatoms. The minimum Gasteiger partial charge on any atom is -0.405 e. The molecule has 0 unspecified atom stereocenters. The summed E-state index contributed by atoms with van der Waals surface area (Å²) in [7, 11) is 0. The largest absolute Gasteiger partial charge is 0.573 e. The average Bonchev–Trinajstić information content (AvgIpc) is 2.27. The molecule has 0 N–H and O–H groups in total. The van der Waals surface area contributed by atoms with Crippen molar-refractivity contribution in [3.63, 3.8) is 0 Å². The lowest BCUT2D eigenvalue weighted by molar-refractivity contribution is -0.274. The summed E-state index contributed by atoms with van der Waals surface area (Å²) in [6.07, 6.45) is -2.16. The second-order valence-electron chi connectivity index (χ2n) is 3.27. The SMILES string of the molecule is FC(F)(F)Oc1ccccc1-c1cncc(Cl)n1. The standard InChI is InChI=1S/C11H6ClF3N2O/c12-10-6-16-5-8(17-10)7-3-1-2-4-9(7)18-11(13,14)15/h1-6H. The van der Waals surface area contributed by atoms with Crippen molar-refractivity contribution in [3.05, 3.63) is 41.8 Å². The van der Waals surface area contributed by atoms with Gasteiger partial charge in [-0.25, -0.2) is 4.98 Å². The highest BCUT2D eigenvalue weighted by Crippen LogP contribution is 2.32. The molecule has 0 spiro atoms. The van der Waals surface area contributed by atoms with E-state index in [-0.39, 0.29) is 22.2 Å². The van der Waals surface area contributed by atoms with Crippen LogP contribution < -0.4 is 4.74 Å². The molecule has 18 heavy (non-hydrogen) atoms. The fraction of sp³-hybridized carbons (Fsp3) is 0.0909. The van der Waals surface area contributed by atoms with E-state index in [0.717, 1.165) is 0 Å². The van der Waals surface area contributed by atoms with E-state index in [9.17, 15) is 13.2 Å². The fourth-order valence-electron chi connectivity index (χ4n) is 1.36. The molecule has 0 radical (unpaired) electrons. The summed E-state index contributed by atoms with van der Waals surface area (Å²) in [6.45, 7) is 0. The maximum atomic E-state index is 12.2. The van der Waals surface area contributed by atoms with Crippen LogP contribution in [0.2, 0.25) is 5.15 Å². The molecule has 0 aliphatic heterocycles. The van der Waals surface area contributed by atoms with Gasteiger partial charge in [-0.3, -0.25) is 4.98 Å². The molecule has 94 valence electrons. The van der Waals surface area contributed by atoms with Crippen LogP contribution in [0.25, 0.3) is 11.3 Å². The lowest BCUT2D eigenvalue weighted by atomic mass is 10.1. The Balaban J connectivity index is 2.45. The van der Waals surface area contributed by atoms with E-state index in [1.807, 2.05) is 0 Å². The number of ether oxygens (including phenoxy) is 1. The van der Waals surface area contributed by atoms with Crippen molar-refractivity contribution in [1.29, 1.82) is 0 Å². The van der Waals surface area contributed by atoms with E-state index in [1.54, 1.807) is 6.07 Å². The molecule has 0 atom stereocenters. The van der Waals surface area contributed by atoms with Crippen molar-refractivity contribution in [3.8, 4) is 17.0 Å². The number of benzene rings is 1. The summed E-state index contributed by atoms with van der Waals surface area (Å²) in [5, 5.41) is 0.0920. The molecule has 0 saturated carbocycles. The number of nitrogens with zero attached hydrogens (tertiary/aromatic N) is 2. The van der Waals surface area contributed by atoms with Crippen LogP contribution in [0, 0.1) is 0 Å². The highest BCUT2D eigenvalue weighted by Gasteiger charge is 2.32. The van der Waals surface area contributed by atoms with Crippen LogP contribution in [0.1, 0.15) is 0 Å². The maximum absolute atomic E-state index is 12.2. The molecule has 0 aliphatic rings. The van der Waals surface area contributed by atoms with Gasteiger partial charge in [0.05, 0.1) is 18.1 Å². The third-order valence-electron chi connectivity index (χ3n) is 1.99. The number of hydrogen-bond acceptors (Lipinski definition) is 3. The van der Waals surface area contributed by atoms with Crippen LogP contribution in [0.15, 0.2) is 36.7 Å². The van der Waals surface area contributed by atoms with E-state index in [0.29, 0.717) is 0 Å². The zero-order chi connectivity index (χ0) is 13.2. The molecule has 2 rings (SSSR count). The lowest BCUT2D eigenvalue weighted by Gasteiger charge is -2.12. The molecule has 0 fully saturated rings. The van der Waals surface area contributed by atoms with Crippen molar-refractivity contribution < 1.29 is 17.9 Å². The zero-order valence-electron chi connectivity index (χ0n) is 8.78. The number of alkyl halides is 3. The van der Waals surface area contributed by atoms with Crippen LogP contribution in [-0.4, -0.2) is 16.3 Å². The molecule has 1 aromatic carbocycles. The first-order valence-corrected chi connectivity index (χ1v) is 5.16. The summed E-state index contributed by atoms with van der Waals surface area (Å²) >= 11 is 5.64. The molecule has 2 aromatic rings. The first-order chi connectivity index (χ1) is 8.46. The number of rotatable bonds is 2. The Morgan fingerprint density at radius 3 is 2.50 bits per heavy atom. The normalized spacial score (nSPS) is 11.3. The Labute approximate surface area is 105 Å². The molecular weight excluding hydrogens is 269 g/mol. The van der Waals surface area contributed by atoms with E-state index in [2.05, 4.69) is 14.7 Å². The number of aromatic nitrogens is 2. The maximum Gasteiger partial charge on any atom is 0.573 e. The van der Waals surface area contributed by atoms with Gasteiger partial charge in [-0.2, -0.15) is 0 Å². The molecule has 0 aliphatic carbocycles. The van der Waals surface area contributed by atoms with Crippen LogP contribution in [-0.2, 0) is 0 Å². The predicted octanol–water partition coefficient (Wildman–Crippen LogP) is 3.70. The van der Waals surface area contributed by atoms with Crippen LogP contribution in [0.3, 0.4) is 0 Å².